The van der Waals surface area contributed by atoms with Gasteiger partial charge in [0.25, 0.3) is 0 Å². The van der Waals surface area contributed by atoms with Gasteiger partial charge in [0, 0.05) is 24.6 Å². The molecule has 5 nitrogen and oxygen atoms in total. The molecule has 0 saturated carbocycles. The summed E-state index contributed by atoms with van der Waals surface area (Å²) in [7, 11) is -1.92. The fraction of sp³-hybridized carbons (Fsp3) is 0.455. The molecule has 1 saturated heterocycles. The maximum Gasteiger partial charge on any atom is 0.243 e. The Balaban J connectivity index is 2.32. The molecule has 0 atom stereocenters. The smallest absolute Gasteiger partial charge is 0.243 e. The molecule has 0 spiro atoms. The Morgan fingerprint density at radius 1 is 1.33 bits per heavy atom. The second kappa shape index (κ2) is 5.38. The maximum atomic E-state index is 12.4. The van der Waals surface area contributed by atoms with Gasteiger partial charge in [0.05, 0.1) is 17.7 Å². The van der Waals surface area contributed by atoms with Gasteiger partial charge in [-0.05, 0) is 18.2 Å². The van der Waals surface area contributed by atoms with Crippen molar-refractivity contribution in [3.05, 3.63) is 18.2 Å². The highest BCUT2D eigenvalue weighted by atomic mass is 32.2. The van der Waals surface area contributed by atoms with Crippen molar-refractivity contribution in [2.24, 2.45) is 0 Å². The van der Waals surface area contributed by atoms with Crippen LogP contribution in [0, 0.1) is 0 Å². The summed E-state index contributed by atoms with van der Waals surface area (Å²) in [6, 6.07) is 4.57. The number of sulfonamides is 1. The van der Waals surface area contributed by atoms with E-state index in [1.54, 1.807) is 17.8 Å². The summed E-state index contributed by atoms with van der Waals surface area (Å²) in [4.78, 5) is 0.229. The summed E-state index contributed by atoms with van der Waals surface area (Å²) in [6.45, 7) is 1.11. The second-order valence-corrected chi connectivity index (χ2v) is 7.08. The lowest BCUT2D eigenvalue weighted by molar-refractivity contribution is 0.416. The molecule has 1 aromatic carbocycles. The molecule has 0 bridgehead atoms. The molecule has 0 unspecified atom stereocenters. The van der Waals surface area contributed by atoms with E-state index in [0.717, 1.165) is 11.5 Å². The van der Waals surface area contributed by atoms with Crippen LogP contribution in [0.2, 0.25) is 0 Å². The first kappa shape index (κ1) is 13.5. The monoisotopic (exact) mass is 288 g/mol. The van der Waals surface area contributed by atoms with Crippen LogP contribution in [-0.4, -0.2) is 44.4 Å². The van der Waals surface area contributed by atoms with Crippen molar-refractivity contribution in [3.8, 4) is 5.75 Å². The van der Waals surface area contributed by atoms with Gasteiger partial charge in [-0.2, -0.15) is 16.1 Å². The van der Waals surface area contributed by atoms with Gasteiger partial charge in [-0.3, -0.25) is 0 Å². The van der Waals surface area contributed by atoms with Gasteiger partial charge in [-0.25, -0.2) is 8.42 Å². The zero-order chi connectivity index (χ0) is 13.2. The van der Waals surface area contributed by atoms with Crippen LogP contribution in [0.1, 0.15) is 0 Å². The third-order valence-electron chi connectivity index (χ3n) is 2.81. The Morgan fingerprint density at radius 3 is 2.56 bits per heavy atom. The Labute approximate surface area is 111 Å². The second-order valence-electron chi connectivity index (χ2n) is 3.92. The zero-order valence-corrected chi connectivity index (χ0v) is 11.8. The van der Waals surface area contributed by atoms with Crippen molar-refractivity contribution in [1.82, 2.24) is 4.31 Å². The highest BCUT2D eigenvalue weighted by Crippen LogP contribution is 2.27. The number of rotatable bonds is 3. The van der Waals surface area contributed by atoms with Crippen LogP contribution in [0.4, 0.5) is 5.69 Å². The van der Waals surface area contributed by atoms with Crippen molar-refractivity contribution in [2.45, 2.75) is 4.90 Å². The number of anilines is 1. The summed E-state index contributed by atoms with van der Waals surface area (Å²) in [6.07, 6.45) is 0. The first-order valence-electron chi connectivity index (χ1n) is 5.57. The molecule has 1 fully saturated rings. The van der Waals surface area contributed by atoms with Crippen LogP contribution in [0.15, 0.2) is 23.1 Å². The van der Waals surface area contributed by atoms with Crippen LogP contribution in [0.5, 0.6) is 5.75 Å². The summed E-state index contributed by atoms with van der Waals surface area (Å²) in [5.74, 6) is 2.17. The molecule has 1 aromatic rings. The molecule has 2 rings (SSSR count). The van der Waals surface area contributed by atoms with Crippen molar-refractivity contribution in [1.29, 1.82) is 0 Å². The molecule has 0 aliphatic carbocycles. The molecule has 1 aliphatic heterocycles. The number of nitrogen functional groups attached to an aromatic ring is 1. The van der Waals surface area contributed by atoms with Crippen molar-refractivity contribution in [2.75, 3.05) is 37.4 Å². The molecule has 0 aromatic heterocycles. The maximum absolute atomic E-state index is 12.4. The standard InChI is InChI=1S/C11H16N2O3S2/c1-16-11-3-2-9(8-10(11)12)18(14,15)13-4-6-17-7-5-13/h2-3,8H,4-7,12H2,1H3. The summed E-state index contributed by atoms with van der Waals surface area (Å²) in [5.41, 5.74) is 6.08. The van der Waals surface area contributed by atoms with Crippen LogP contribution >= 0.6 is 11.8 Å². The van der Waals surface area contributed by atoms with Gasteiger partial charge < -0.3 is 10.5 Å². The molecule has 0 radical (unpaired) electrons. The van der Waals surface area contributed by atoms with Gasteiger partial charge >= 0.3 is 0 Å². The lowest BCUT2D eigenvalue weighted by atomic mass is 10.3. The first-order valence-corrected chi connectivity index (χ1v) is 8.16. The predicted molar refractivity (Wildman–Crippen MR) is 73.5 cm³/mol. The van der Waals surface area contributed by atoms with E-state index in [0.29, 0.717) is 24.5 Å². The summed E-state index contributed by atoms with van der Waals surface area (Å²) >= 11 is 1.77. The number of hydrogen-bond donors (Lipinski definition) is 1. The highest BCUT2D eigenvalue weighted by molar-refractivity contribution is 7.99. The number of nitrogens with zero attached hydrogens (tertiary/aromatic N) is 1. The molecule has 100 valence electrons. The van der Waals surface area contributed by atoms with Gasteiger partial charge in [-0.1, -0.05) is 0 Å². The molecule has 1 aliphatic rings. The third kappa shape index (κ3) is 2.57. The van der Waals surface area contributed by atoms with Gasteiger partial charge in [-0.15, -0.1) is 0 Å². The van der Waals surface area contributed by atoms with Crippen LogP contribution < -0.4 is 10.5 Å². The average molecular weight is 288 g/mol. The molecular formula is C11H16N2O3S2. The number of ether oxygens (including phenoxy) is 1. The van der Waals surface area contributed by atoms with Crippen molar-refractivity contribution < 1.29 is 13.2 Å². The van der Waals surface area contributed by atoms with Gasteiger partial charge in [0.2, 0.25) is 10.0 Å². The highest BCUT2D eigenvalue weighted by Gasteiger charge is 2.26. The topological polar surface area (TPSA) is 72.6 Å². The number of benzene rings is 1. The van der Waals surface area contributed by atoms with Gasteiger partial charge in [0.15, 0.2) is 0 Å². The van der Waals surface area contributed by atoms with Crippen LogP contribution in [-0.2, 0) is 10.0 Å². The van der Waals surface area contributed by atoms with E-state index in [1.165, 1.54) is 23.5 Å². The average Bonchev–Trinajstić information content (AvgIpc) is 2.39. The van der Waals surface area contributed by atoms with Gasteiger partial charge in [0.1, 0.15) is 5.75 Å². The molecule has 1 heterocycles. The Bertz CT molecular complexity index is 525. The number of thioether (sulfide) groups is 1. The number of methoxy groups -OCH3 is 1. The van der Waals surface area contributed by atoms with E-state index in [9.17, 15) is 8.42 Å². The number of nitrogens with two attached hydrogens (primary N) is 1. The fourth-order valence-electron chi connectivity index (χ4n) is 1.81. The minimum absolute atomic E-state index is 0.229. The van der Waals surface area contributed by atoms with Crippen molar-refractivity contribution >= 4 is 27.5 Å². The van der Waals surface area contributed by atoms with E-state index in [1.807, 2.05) is 0 Å². The Morgan fingerprint density at radius 2 is 2.00 bits per heavy atom. The van der Waals surface area contributed by atoms with Crippen LogP contribution in [0.3, 0.4) is 0 Å². The van der Waals surface area contributed by atoms with E-state index in [-0.39, 0.29) is 4.90 Å². The van der Waals surface area contributed by atoms with Crippen molar-refractivity contribution in [3.63, 3.8) is 0 Å². The third-order valence-corrected chi connectivity index (χ3v) is 5.65. The quantitative estimate of drug-likeness (QED) is 0.841. The minimum Gasteiger partial charge on any atom is -0.495 e. The molecular weight excluding hydrogens is 272 g/mol. The summed E-state index contributed by atoms with van der Waals surface area (Å²) < 4.78 is 31.2. The largest absolute Gasteiger partial charge is 0.495 e. The Kier molecular flexibility index (Phi) is 4.04. The van der Waals surface area contributed by atoms with E-state index < -0.39 is 10.0 Å². The van der Waals surface area contributed by atoms with Crippen LogP contribution in [0.25, 0.3) is 0 Å². The zero-order valence-electron chi connectivity index (χ0n) is 10.1. The molecule has 2 N–H and O–H groups in total. The fourth-order valence-corrected chi connectivity index (χ4v) is 4.42. The normalized spacial score (nSPS) is 17.6. The van der Waals surface area contributed by atoms with E-state index in [4.69, 9.17) is 10.5 Å². The summed E-state index contributed by atoms with van der Waals surface area (Å²) in [5, 5.41) is 0. The molecule has 18 heavy (non-hydrogen) atoms. The SMILES string of the molecule is COc1ccc(S(=O)(=O)N2CCSCC2)cc1N. The van der Waals surface area contributed by atoms with E-state index in [2.05, 4.69) is 0 Å². The number of hydrogen-bond acceptors (Lipinski definition) is 5. The molecule has 7 heteroatoms. The lowest BCUT2D eigenvalue weighted by Crippen LogP contribution is -2.37. The minimum atomic E-state index is -3.43. The van der Waals surface area contributed by atoms with E-state index >= 15 is 0 Å². The Hall–Kier alpha value is -0.920. The molecule has 0 amide bonds. The lowest BCUT2D eigenvalue weighted by Gasteiger charge is -2.25. The predicted octanol–water partition coefficient (Wildman–Crippen LogP) is 1.01. The first-order chi connectivity index (χ1) is 8.55.